The molecule has 0 spiro atoms. The minimum Gasteiger partial charge on any atom is -0.281 e. The van der Waals surface area contributed by atoms with Gasteiger partial charge in [0.05, 0.1) is 5.75 Å². The van der Waals surface area contributed by atoms with E-state index in [4.69, 9.17) is 11.6 Å². The van der Waals surface area contributed by atoms with Crippen molar-refractivity contribution < 1.29 is 13.2 Å². The minimum absolute atomic E-state index is 0.0736. The van der Waals surface area contributed by atoms with Crippen LogP contribution in [0.5, 0.6) is 0 Å². The number of unbranched alkanes of at least 4 members (excludes halogenated alkanes) is 1. The largest absolute Gasteiger partial charge is 0.281 e. The zero-order valence-corrected chi connectivity index (χ0v) is 9.36. The molecule has 0 aliphatic carbocycles. The summed E-state index contributed by atoms with van der Waals surface area (Å²) in [6, 6.07) is 0. The molecule has 4 nitrogen and oxygen atoms in total. The van der Waals surface area contributed by atoms with E-state index in [-0.39, 0.29) is 12.2 Å². The highest BCUT2D eigenvalue weighted by Crippen LogP contribution is 2.03. The molecule has 0 unspecified atom stereocenters. The van der Waals surface area contributed by atoms with Crippen molar-refractivity contribution in [1.82, 2.24) is 4.31 Å². The molecule has 0 aliphatic rings. The smallest absolute Gasteiger partial charge is 0.221 e. The van der Waals surface area contributed by atoms with E-state index in [0.29, 0.717) is 12.8 Å². The summed E-state index contributed by atoms with van der Waals surface area (Å²) in [4.78, 5) is 10.3. The van der Waals surface area contributed by atoms with E-state index in [0.717, 1.165) is 0 Å². The summed E-state index contributed by atoms with van der Waals surface area (Å²) in [5.74, 6) is 0.0736. The molecule has 78 valence electrons. The molecule has 0 heterocycles. The third kappa shape index (κ3) is 6.01. The van der Waals surface area contributed by atoms with Gasteiger partial charge in [0.25, 0.3) is 0 Å². The SMILES string of the molecule is CN(C)S(=O)(=O)CCCCC(=O)Cl. The number of rotatable bonds is 6. The second-order valence-corrected chi connectivity index (χ2v) is 5.63. The number of carbonyl (C=O) groups is 1. The average molecular weight is 228 g/mol. The van der Waals surface area contributed by atoms with Crippen molar-refractivity contribution in [2.45, 2.75) is 19.3 Å². The van der Waals surface area contributed by atoms with Crippen molar-refractivity contribution in [2.75, 3.05) is 19.8 Å². The predicted octanol–water partition coefficient (Wildman–Crippen LogP) is 0.813. The lowest BCUT2D eigenvalue weighted by Crippen LogP contribution is -2.25. The molecule has 0 N–H and O–H groups in total. The van der Waals surface area contributed by atoms with E-state index < -0.39 is 15.3 Å². The maximum atomic E-state index is 11.2. The number of hydrogen-bond acceptors (Lipinski definition) is 3. The summed E-state index contributed by atoms with van der Waals surface area (Å²) in [5, 5.41) is -0.415. The van der Waals surface area contributed by atoms with Crippen molar-refractivity contribution in [1.29, 1.82) is 0 Å². The Balaban J connectivity index is 3.72. The first-order valence-electron chi connectivity index (χ1n) is 3.95. The van der Waals surface area contributed by atoms with Gasteiger partial charge in [0, 0.05) is 20.5 Å². The highest BCUT2D eigenvalue weighted by Gasteiger charge is 2.12. The molecule has 0 rings (SSSR count). The van der Waals surface area contributed by atoms with Gasteiger partial charge in [-0.25, -0.2) is 12.7 Å². The standard InChI is InChI=1S/C7H14ClNO3S/c1-9(2)13(11,12)6-4-3-5-7(8)10/h3-6H2,1-2H3. The average Bonchev–Trinajstić information content (AvgIpc) is 1.97. The quantitative estimate of drug-likeness (QED) is 0.499. The zero-order chi connectivity index (χ0) is 10.5. The fourth-order valence-corrected chi connectivity index (χ4v) is 1.80. The van der Waals surface area contributed by atoms with E-state index in [9.17, 15) is 13.2 Å². The number of hydrogen-bond donors (Lipinski definition) is 0. The highest BCUT2D eigenvalue weighted by molar-refractivity contribution is 7.89. The summed E-state index contributed by atoms with van der Waals surface area (Å²) in [7, 11) is -0.141. The second-order valence-electron chi connectivity index (χ2n) is 2.91. The molecule has 0 saturated carbocycles. The molecule has 0 fully saturated rings. The fourth-order valence-electron chi connectivity index (χ4n) is 0.731. The van der Waals surface area contributed by atoms with Crippen LogP contribution in [0.15, 0.2) is 0 Å². The third-order valence-corrected chi connectivity index (χ3v) is 3.69. The molecule has 13 heavy (non-hydrogen) atoms. The second kappa shape index (κ2) is 5.57. The molecule has 0 aliphatic heterocycles. The van der Waals surface area contributed by atoms with Crippen LogP contribution >= 0.6 is 11.6 Å². The molecule has 0 aromatic rings. The molecule has 0 bridgehead atoms. The summed E-state index contributed by atoms with van der Waals surface area (Å²) >= 11 is 5.09. The van der Waals surface area contributed by atoms with Gasteiger partial charge in [0.1, 0.15) is 0 Å². The van der Waals surface area contributed by atoms with Gasteiger partial charge < -0.3 is 0 Å². The summed E-state index contributed by atoms with van der Waals surface area (Å²) < 4.78 is 23.5. The Labute approximate surface area is 83.9 Å². The lowest BCUT2D eigenvalue weighted by Gasteiger charge is -2.10. The normalized spacial score (nSPS) is 12.0. The molecule has 0 aromatic heterocycles. The Morgan fingerprint density at radius 2 is 1.85 bits per heavy atom. The van der Waals surface area contributed by atoms with E-state index >= 15 is 0 Å². The predicted molar refractivity (Wildman–Crippen MR) is 52.2 cm³/mol. The maximum absolute atomic E-state index is 11.2. The summed E-state index contributed by atoms with van der Waals surface area (Å²) in [5.41, 5.74) is 0. The number of carbonyl (C=O) groups excluding carboxylic acids is 1. The van der Waals surface area contributed by atoms with E-state index in [1.165, 1.54) is 18.4 Å². The minimum atomic E-state index is -3.12. The van der Waals surface area contributed by atoms with Gasteiger partial charge in [0.15, 0.2) is 0 Å². The van der Waals surface area contributed by atoms with Gasteiger partial charge in [-0.05, 0) is 24.4 Å². The van der Waals surface area contributed by atoms with Crippen LogP contribution in [0.2, 0.25) is 0 Å². The van der Waals surface area contributed by atoms with Crippen LogP contribution in [0.3, 0.4) is 0 Å². The molecule has 0 amide bonds. The first-order chi connectivity index (χ1) is 5.86. The molecule has 0 aromatic carbocycles. The Morgan fingerprint density at radius 3 is 2.23 bits per heavy atom. The summed E-state index contributed by atoms with van der Waals surface area (Å²) in [6.45, 7) is 0. The van der Waals surface area contributed by atoms with Crippen LogP contribution in [0.1, 0.15) is 19.3 Å². The molecular weight excluding hydrogens is 214 g/mol. The van der Waals surface area contributed by atoms with E-state index in [2.05, 4.69) is 0 Å². The first kappa shape index (κ1) is 12.9. The molecular formula is C7H14ClNO3S. The topological polar surface area (TPSA) is 54.5 Å². The summed E-state index contributed by atoms with van der Waals surface area (Å²) in [6.07, 6.45) is 1.24. The Bertz CT molecular complexity index is 261. The highest BCUT2D eigenvalue weighted by atomic mass is 35.5. The van der Waals surface area contributed by atoms with Gasteiger partial charge >= 0.3 is 0 Å². The Morgan fingerprint density at radius 1 is 1.31 bits per heavy atom. The van der Waals surface area contributed by atoms with Gasteiger partial charge in [-0.1, -0.05) is 0 Å². The number of halogens is 1. The number of nitrogens with zero attached hydrogens (tertiary/aromatic N) is 1. The molecule has 0 atom stereocenters. The van der Waals surface area contributed by atoms with Crippen molar-refractivity contribution in [2.24, 2.45) is 0 Å². The van der Waals surface area contributed by atoms with Crippen molar-refractivity contribution in [3.05, 3.63) is 0 Å². The van der Waals surface area contributed by atoms with Gasteiger partial charge in [-0.2, -0.15) is 0 Å². The van der Waals surface area contributed by atoms with Crippen LogP contribution < -0.4 is 0 Å². The Hall–Kier alpha value is -0.130. The van der Waals surface area contributed by atoms with Crippen LogP contribution in [0.25, 0.3) is 0 Å². The monoisotopic (exact) mass is 227 g/mol. The number of sulfonamides is 1. The third-order valence-electron chi connectivity index (χ3n) is 1.58. The van der Waals surface area contributed by atoms with E-state index in [1.54, 1.807) is 0 Å². The van der Waals surface area contributed by atoms with Crippen LogP contribution in [0.4, 0.5) is 0 Å². The molecule has 6 heteroatoms. The maximum Gasteiger partial charge on any atom is 0.221 e. The van der Waals surface area contributed by atoms with Gasteiger partial charge in [0.2, 0.25) is 15.3 Å². The fraction of sp³-hybridized carbons (Fsp3) is 0.857. The first-order valence-corrected chi connectivity index (χ1v) is 5.93. The molecule has 0 saturated heterocycles. The van der Waals surface area contributed by atoms with Crippen LogP contribution in [-0.4, -0.2) is 37.8 Å². The van der Waals surface area contributed by atoms with Crippen molar-refractivity contribution in [3.63, 3.8) is 0 Å². The lowest BCUT2D eigenvalue weighted by atomic mass is 10.3. The van der Waals surface area contributed by atoms with Gasteiger partial charge in [-0.15, -0.1) is 0 Å². The van der Waals surface area contributed by atoms with Crippen molar-refractivity contribution >= 4 is 26.9 Å². The van der Waals surface area contributed by atoms with Crippen LogP contribution in [-0.2, 0) is 14.8 Å². The van der Waals surface area contributed by atoms with Gasteiger partial charge in [-0.3, -0.25) is 4.79 Å². The zero-order valence-electron chi connectivity index (χ0n) is 7.79. The van der Waals surface area contributed by atoms with Crippen molar-refractivity contribution in [3.8, 4) is 0 Å². The molecule has 0 radical (unpaired) electrons. The Kier molecular flexibility index (Phi) is 5.51. The lowest BCUT2D eigenvalue weighted by molar-refractivity contribution is -0.111. The van der Waals surface area contributed by atoms with Crippen LogP contribution in [0, 0.1) is 0 Å². The van der Waals surface area contributed by atoms with E-state index in [1.807, 2.05) is 0 Å².